The zero-order chi connectivity index (χ0) is 15.9. The number of nitrogens with two attached hydrogens (primary N) is 1. The van der Waals surface area contributed by atoms with E-state index in [2.05, 4.69) is 24.5 Å². The smallest absolute Gasteiger partial charge is 0.261 e. The van der Waals surface area contributed by atoms with Gasteiger partial charge in [-0.3, -0.25) is 9.59 Å². The average molecular weight is 311 g/mol. The predicted octanol–water partition coefficient (Wildman–Crippen LogP) is 1.75. The first-order valence-corrected chi connectivity index (χ1v) is 8.07. The van der Waals surface area contributed by atoms with Gasteiger partial charge in [0.05, 0.1) is 4.88 Å². The lowest BCUT2D eigenvalue weighted by molar-refractivity contribution is -0.122. The van der Waals surface area contributed by atoms with Crippen molar-refractivity contribution in [2.24, 2.45) is 11.7 Å². The molecule has 0 spiro atoms. The van der Waals surface area contributed by atoms with Crippen molar-refractivity contribution in [3.05, 3.63) is 22.4 Å². The summed E-state index contributed by atoms with van der Waals surface area (Å²) in [6, 6.07) is 3.58. The van der Waals surface area contributed by atoms with Gasteiger partial charge in [0.1, 0.15) is 0 Å². The lowest BCUT2D eigenvalue weighted by Crippen LogP contribution is -2.52. The number of rotatable bonds is 8. The molecule has 4 N–H and O–H groups in total. The summed E-state index contributed by atoms with van der Waals surface area (Å²) in [7, 11) is 0. The molecule has 0 radical (unpaired) electrons. The van der Waals surface area contributed by atoms with Gasteiger partial charge in [0.15, 0.2) is 0 Å². The lowest BCUT2D eigenvalue weighted by Gasteiger charge is -2.31. The Labute approximate surface area is 130 Å². The summed E-state index contributed by atoms with van der Waals surface area (Å²) < 4.78 is 0. The molecule has 0 bridgehead atoms. The molecule has 0 aliphatic heterocycles. The van der Waals surface area contributed by atoms with Crippen molar-refractivity contribution in [1.82, 2.24) is 10.6 Å². The van der Waals surface area contributed by atoms with E-state index >= 15 is 0 Å². The molecule has 0 fully saturated rings. The van der Waals surface area contributed by atoms with Gasteiger partial charge in [-0.05, 0) is 30.7 Å². The summed E-state index contributed by atoms with van der Waals surface area (Å²) in [5.74, 6) is 0.231. The summed E-state index contributed by atoms with van der Waals surface area (Å²) in [6.45, 7) is 6.88. The fraction of sp³-hybridized carbons (Fsp3) is 0.600. The van der Waals surface area contributed by atoms with Crippen LogP contribution in [-0.4, -0.2) is 30.4 Å². The Balaban J connectivity index is 2.35. The third-order valence-corrected chi connectivity index (χ3v) is 4.00. The number of hydrogen-bond donors (Lipinski definition) is 3. The van der Waals surface area contributed by atoms with Gasteiger partial charge < -0.3 is 16.4 Å². The predicted molar refractivity (Wildman–Crippen MR) is 86.3 cm³/mol. The van der Waals surface area contributed by atoms with Gasteiger partial charge in [-0.2, -0.15) is 0 Å². The first kappa shape index (κ1) is 17.7. The SMILES string of the molecule is CC(C)CC(C)(CN)NC(=O)CCNC(=O)c1cccs1. The zero-order valence-electron chi connectivity index (χ0n) is 12.9. The topological polar surface area (TPSA) is 84.2 Å². The monoisotopic (exact) mass is 311 g/mol. The van der Waals surface area contributed by atoms with Crippen molar-refractivity contribution in [1.29, 1.82) is 0 Å². The molecule has 1 aromatic rings. The Morgan fingerprint density at radius 3 is 2.67 bits per heavy atom. The number of thiophene rings is 1. The first-order valence-electron chi connectivity index (χ1n) is 7.19. The third-order valence-electron chi connectivity index (χ3n) is 3.13. The zero-order valence-corrected chi connectivity index (χ0v) is 13.8. The van der Waals surface area contributed by atoms with E-state index < -0.39 is 0 Å². The van der Waals surface area contributed by atoms with Crippen molar-refractivity contribution in [3.63, 3.8) is 0 Å². The molecule has 1 atom stereocenters. The van der Waals surface area contributed by atoms with Crippen molar-refractivity contribution in [3.8, 4) is 0 Å². The second-order valence-corrected chi connectivity index (χ2v) is 6.84. The van der Waals surface area contributed by atoms with Crippen LogP contribution >= 0.6 is 11.3 Å². The highest BCUT2D eigenvalue weighted by molar-refractivity contribution is 7.12. The van der Waals surface area contributed by atoms with Crippen LogP contribution in [-0.2, 0) is 4.79 Å². The minimum absolute atomic E-state index is 0.0879. The summed E-state index contributed by atoms with van der Waals surface area (Å²) in [4.78, 5) is 24.3. The van der Waals surface area contributed by atoms with Gasteiger partial charge in [-0.25, -0.2) is 0 Å². The largest absolute Gasteiger partial charge is 0.351 e. The van der Waals surface area contributed by atoms with E-state index in [0.29, 0.717) is 23.9 Å². The van der Waals surface area contributed by atoms with Crippen LogP contribution in [0.3, 0.4) is 0 Å². The fourth-order valence-electron chi connectivity index (χ4n) is 2.27. The maximum absolute atomic E-state index is 12.0. The van der Waals surface area contributed by atoms with Crippen LogP contribution < -0.4 is 16.4 Å². The molecule has 0 saturated carbocycles. The standard InChI is InChI=1S/C15H25N3O2S/c1-11(2)9-15(3,10-16)18-13(19)6-7-17-14(20)12-5-4-8-21-12/h4-5,8,11H,6-7,9-10,16H2,1-3H3,(H,17,20)(H,18,19). The number of nitrogens with one attached hydrogen (secondary N) is 2. The third kappa shape index (κ3) is 6.27. The van der Waals surface area contributed by atoms with E-state index in [0.717, 1.165) is 6.42 Å². The Bertz CT molecular complexity index is 459. The molecule has 1 unspecified atom stereocenters. The molecule has 0 aliphatic carbocycles. The normalized spacial score (nSPS) is 13.8. The summed E-state index contributed by atoms with van der Waals surface area (Å²) in [5.41, 5.74) is 5.38. The van der Waals surface area contributed by atoms with Crippen LogP contribution in [0.4, 0.5) is 0 Å². The lowest BCUT2D eigenvalue weighted by atomic mass is 9.90. The van der Waals surface area contributed by atoms with Gasteiger partial charge >= 0.3 is 0 Å². The molecule has 21 heavy (non-hydrogen) atoms. The molecule has 0 saturated heterocycles. The molecule has 1 rings (SSSR count). The van der Waals surface area contributed by atoms with Gasteiger partial charge in [0.25, 0.3) is 5.91 Å². The molecule has 0 aromatic carbocycles. The molecule has 0 aliphatic rings. The van der Waals surface area contributed by atoms with Gasteiger partial charge in [-0.1, -0.05) is 19.9 Å². The number of carbonyl (C=O) groups excluding carboxylic acids is 2. The minimum Gasteiger partial charge on any atom is -0.351 e. The minimum atomic E-state index is -0.386. The van der Waals surface area contributed by atoms with E-state index in [4.69, 9.17) is 5.73 Å². The van der Waals surface area contributed by atoms with Crippen LogP contribution in [0.15, 0.2) is 17.5 Å². The van der Waals surface area contributed by atoms with Crippen LogP contribution in [0, 0.1) is 5.92 Å². The maximum Gasteiger partial charge on any atom is 0.261 e. The summed E-state index contributed by atoms with van der Waals surface area (Å²) >= 11 is 1.38. The highest BCUT2D eigenvalue weighted by Crippen LogP contribution is 2.15. The van der Waals surface area contributed by atoms with Crippen molar-refractivity contribution < 1.29 is 9.59 Å². The van der Waals surface area contributed by atoms with Crippen molar-refractivity contribution in [2.45, 2.75) is 39.2 Å². The molecule has 2 amide bonds. The molecule has 5 nitrogen and oxygen atoms in total. The van der Waals surface area contributed by atoms with E-state index in [1.165, 1.54) is 11.3 Å². The summed E-state index contributed by atoms with van der Waals surface area (Å²) in [5, 5.41) is 7.56. The second kappa shape index (κ2) is 8.14. The van der Waals surface area contributed by atoms with E-state index in [9.17, 15) is 9.59 Å². The maximum atomic E-state index is 12.0. The molecule has 118 valence electrons. The molecule has 1 aromatic heterocycles. The Morgan fingerprint density at radius 2 is 2.14 bits per heavy atom. The van der Waals surface area contributed by atoms with Crippen LogP contribution in [0.5, 0.6) is 0 Å². The fourth-order valence-corrected chi connectivity index (χ4v) is 2.91. The Morgan fingerprint density at radius 1 is 1.43 bits per heavy atom. The Kier molecular flexibility index (Phi) is 6.84. The number of hydrogen-bond acceptors (Lipinski definition) is 4. The number of amides is 2. The molecule has 6 heteroatoms. The van der Waals surface area contributed by atoms with E-state index in [-0.39, 0.29) is 23.8 Å². The van der Waals surface area contributed by atoms with Gasteiger partial charge in [-0.15, -0.1) is 11.3 Å². The van der Waals surface area contributed by atoms with Crippen molar-refractivity contribution in [2.75, 3.05) is 13.1 Å². The molecule has 1 heterocycles. The van der Waals surface area contributed by atoms with Crippen LogP contribution in [0.1, 0.15) is 43.3 Å². The number of carbonyl (C=O) groups is 2. The first-order chi connectivity index (χ1) is 9.86. The highest BCUT2D eigenvalue weighted by Gasteiger charge is 2.25. The quantitative estimate of drug-likeness (QED) is 0.684. The van der Waals surface area contributed by atoms with Gasteiger partial charge in [0.2, 0.25) is 5.91 Å². The molecular formula is C15H25N3O2S. The summed E-state index contributed by atoms with van der Waals surface area (Å²) in [6.07, 6.45) is 1.08. The Hall–Kier alpha value is -1.40. The van der Waals surface area contributed by atoms with E-state index in [1.807, 2.05) is 18.4 Å². The molecular weight excluding hydrogens is 286 g/mol. The van der Waals surface area contributed by atoms with Gasteiger partial charge in [0, 0.05) is 25.0 Å². The van der Waals surface area contributed by atoms with Crippen molar-refractivity contribution >= 4 is 23.2 Å². The average Bonchev–Trinajstić information content (AvgIpc) is 2.91. The van der Waals surface area contributed by atoms with Crippen LogP contribution in [0.2, 0.25) is 0 Å². The van der Waals surface area contributed by atoms with E-state index in [1.54, 1.807) is 6.07 Å². The highest BCUT2D eigenvalue weighted by atomic mass is 32.1. The van der Waals surface area contributed by atoms with Crippen LogP contribution in [0.25, 0.3) is 0 Å². The second-order valence-electron chi connectivity index (χ2n) is 5.89.